The van der Waals surface area contributed by atoms with Gasteiger partial charge in [-0.3, -0.25) is 4.79 Å². The van der Waals surface area contributed by atoms with Crippen LogP contribution in [-0.4, -0.2) is 33.0 Å². The molecule has 0 radical (unpaired) electrons. The maximum Gasteiger partial charge on any atom is 0.347 e. The van der Waals surface area contributed by atoms with Gasteiger partial charge < -0.3 is 19.1 Å². The third-order valence-electron chi connectivity index (χ3n) is 5.19. The highest BCUT2D eigenvalue weighted by molar-refractivity contribution is 6.15. The maximum atomic E-state index is 12.9. The fourth-order valence-corrected chi connectivity index (χ4v) is 3.53. The lowest BCUT2D eigenvalue weighted by Gasteiger charge is -2.11. The standard InChI is InChI=1S/C26H23NO5/c1-16-13-19(31-26(29)20-7-5-6-8-21(20)30-4)15-22-24(16)25(28)23(32-22)14-17-9-11-18(12-10-17)27(2)3/h5-15H,1-4H3/b23-14-. The van der Waals surface area contributed by atoms with Gasteiger partial charge in [-0.25, -0.2) is 4.79 Å². The summed E-state index contributed by atoms with van der Waals surface area (Å²) in [7, 11) is 5.43. The average Bonchev–Trinajstić information content (AvgIpc) is 3.09. The molecule has 32 heavy (non-hydrogen) atoms. The molecule has 3 aromatic rings. The molecular formula is C26H23NO5. The van der Waals surface area contributed by atoms with E-state index in [-0.39, 0.29) is 11.5 Å². The molecule has 0 saturated heterocycles. The fraction of sp³-hybridized carbons (Fsp3) is 0.154. The molecule has 0 aliphatic carbocycles. The Hall–Kier alpha value is -4.06. The van der Waals surface area contributed by atoms with Gasteiger partial charge in [-0.15, -0.1) is 0 Å². The molecular weight excluding hydrogens is 406 g/mol. The van der Waals surface area contributed by atoms with Gasteiger partial charge in [-0.1, -0.05) is 24.3 Å². The minimum atomic E-state index is -0.553. The number of fused-ring (bicyclic) bond motifs is 1. The Labute approximate surface area is 186 Å². The van der Waals surface area contributed by atoms with Crippen molar-refractivity contribution in [2.45, 2.75) is 6.92 Å². The topological polar surface area (TPSA) is 65.1 Å². The zero-order valence-electron chi connectivity index (χ0n) is 18.3. The van der Waals surface area contributed by atoms with Gasteiger partial charge in [-0.05, 0) is 54.5 Å². The molecule has 0 amide bonds. The first kappa shape index (κ1) is 21.2. The van der Waals surface area contributed by atoms with Crippen LogP contribution >= 0.6 is 0 Å². The van der Waals surface area contributed by atoms with E-state index in [0.29, 0.717) is 33.9 Å². The molecule has 6 heteroatoms. The number of carbonyl (C=O) groups excluding carboxylic acids is 2. The molecule has 162 valence electrons. The van der Waals surface area contributed by atoms with Gasteiger partial charge in [0.1, 0.15) is 22.8 Å². The molecule has 0 N–H and O–H groups in total. The number of carbonyl (C=O) groups is 2. The highest BCUT2D eigenvalue weighted by atomic mass is 16.5. The van der Waals surface area contributed by atoms with Crippen molar-refractivity contribution in [2.75, 3.05) is 26.1 Å². The Morgan fingerprint density at radius 3 is 2.44 bits per heavy atom. The summed E-state index contributed by atoms with van der Waals surface area (Å²) >= 11 is 0. The Kier molecular flexibility index (Phi) is 5.69. The molecule has 1 aliphatic heterocycles. The van der Waals surface area contributed by atoms with Gasteiger partial charge in [0.2, 0.25) is 5.78 Å². The molecule has 1 aliphatic rings. The van der Waals surface area contributed by atoms with E-state index in [2.05, 4.69) is 0 Å². The number of ketones is 1. The van der Waals surface area contributed by atoms with E-state index in [9.17, 15) is 9.59 Å². The third kappa shape index (κ3) is 4.07. The molecule has 4 rings (SSSR count). The smallest absolute Gasteiger partial charge is 0.347 e. The zero-order chi connectivity index (χ0) is 22.8. The van der Waals surface area contributed by atoms with Crippen molar-refractivity contribution in [1.29, 1.82) is 0 Å². The first-order chi connectivity index (χ1) is 15.4. The Morgan fingerprint density at radius 1 is 1.03 bits per heavy atom. The number of para-hydroxylation sites is 1. The number of Topliss-reactive ketones (excluding diaryl/α,β-unsaturated/α-hetero) is 1. The Balaban J connectivity index is 1.58. The number of aryl methyl sites for hydroxylation is 1. The lowest BCUT2D eigenvalue weighted by atomic mass is 10.0. The van der Waals surface area contributed by atoms with E-state index in [1.807, 2.05) is 43.3 Å². The monoisotopic (exact) mass is 429 g/mol. The summed E-state index contributed by atoms with van der Waals surface area (Å²) in [6, 6.07) is 17.8. The normalized spacial score (nSPS) is 13.5. The largest absolute Gasteiger partial charge is 0.496 e. The van der Waals surface area contributed by atoms with Gasteiger partial charge in [-0.2, -0.15) is 0 Å². The van der Waals surface area contributed by atoms with Crippen LogP contribution in [0, 0.1) is 6.92 Å². The zero-order valence-corrected chi connectivity index (χ0v) is 18.3. The van der Waals surface area contributed by atoms with Crippen molar-refractivity contribution < 1.29 is 23.8 Å². The number of methoxy groups -OCH3 is 1. The fourth-order valence-electron chi connectivity index (χ4n) is 3.53. The van der Waals surface area contributed by atoms with Crippen molar-refractivity contribution in [1.82, 2.24) is 0 Å². The van der Waals surface area contributed by atoms with Gasteiger partial charge in [0, 0.05) is 25.8 Å². The summed E-state index contributed by atoms with van der Waals surface area (Å²) in [4.78, 5) is 27.5. The molecule has 0 saturated carbocycles. The van der Waals surface area contributed by atoms with E-state index < -0.39 is 5.97 Å². The van der Waals surface area contributed by atoms with Crippen LogP contribution < -0.4 is 19.1 Å². The van der Waals surface area contributed by atoms with Crippen molar-refractivity contribution in [2.24, 2.45) is 0 Å². The maximum absolute atomic E-state index is 12.9. The number of rotatable bonds is 5. The number of hydrogen-bond acceptors (Lipinski definition) is 6. The first-order valence-electron chi connectivity index (χ1n) is 10.1. The third-order valence-corrected chi connectivity index (χ3v) is 5.19. The van der Waals surface area contributed by atoms with Gasteiger partial charge in [0.25, 0.3) is 0 Å². The van der Waals surface area contributed by atoms with Crippen LogP contribution in [0.25, 0.3) is 6.08 Å². The number of allylic oxidation sites excluding steroid dienone is 1. The van der Waals surface area contributed by atoms with Crippen LogP contribution in [0.15, 0.2) is 66.4 Å². The van der Waals surface area contributed by atoms with E-state index >= 15 is 0 Å². The van der Waals surface area contributed by atoms with Gasteiger partial charge in [0.15, 0.2) is 5.76 Å². The SMILES string of the molecule is COc1ccccc1C(=O)Oc1cc(C)c2c(c1)O/C(=C\c1ccc(N(C)C)cc1)C2=O. The van der Waals surface area contributed by atoms with Gasteiger partial charge in [0.05, 0.1) is 12.7 Å². The highest BCUT2D eigenvalue weighted by Gasteiger charge is 2.30. The summed E-state index contributed by atoms with van der Waals surface area (Å²) in [5, 5.41) is 0. The number of nitrogens with zero attached hydrogens (tertiary/aromatic N) is 1. The van der Waals surface area contributed by atoms with Gasteiger partial charge >= 0.3 is 5.97 Å². The molecule has 1 heterocycles. The molecule has 0 atom stereocenters. The lowest BCUT2D eigenvalue weighted by Crippen LogP contribution is -2.10. The lowest BCUT2D eigenvalue weighted by molar-refractivity contribution is 0.0731. The molecule has 6 nitrogen and oxygen atoms in total. The van der Waals surface area contributed by atoms with Crippen molar-refractivity contribution in [3.05, 3.63) is 88.7 Å². The molecule has 3 aromatic carbocycles. The second-order valence-corrected chi connectivity index (χ2v) is 7.63. The molecule has 0 unspecified atom stereocenters. The summed E-state index contributed by atoms with van der Waals surface area (Å²) in [6.45, 7) is 1.79. The second kappa shape index (κ2) is 8.59. The van der Waals surface area contributed by atoms with Crippen LogP contribution in [-0.2, 0) is 0 Å². The summed E-state index contributed by atoms with van der Waals surface area (Å²) in [6.07, 6.45) is 1.71. The van der Waals surface area contributed by atoms with Crippen molar-refractivity contribution in [3.63, 3.8) is 0 Å². The molecule has 0 aromatic heterocycles. The Bertz CT molecular complexity index is 1230. The number of benzene rings is 3. The number of ether oxygens (including phenoxy) is 3. The summed E-state index contributed by atoms with van der Waals surface area (Å²) in [5.74, 6) is 0.566. The van der Waals surface area contributed by atoms with Crippen LogP contribution in [0.2, 0.25) is 0 Å². The minimum Gasteiger partial charge on any atom is -0.496 e. The highest BCUT2D eigenvalue weighted by Crippen LogP contribution is 2.38. The van der Waals surface area contributed by atoms with E-state index in [1.165, 1.54) is 7.11 Å². The number of anilines is 1. The minimum absolute atomic E-state index is 0.197. The van der Waals surface area contributed by atoms with Crippen LogP contribution in [0.5, 0.6) is 17.2 Å². The first-order valence-corrected chi connectivity index (χ1v) is 10.1. The molecule has 0 fully saturated rings. The summed E-state index contributed by atoms with van der Waals surface area (Å²) < 4.78 is 16.6. The van der Waals surface area contributed by atoms with E-state index in [0.717, 1.165) is 11.3 Å². The van der Waals surface area contributed by atoms with E-state index in [4.69, 9.17) is 14.2 Å². The second-order valence-electron chi connectivity index (χ2n) is 7.63. The average molecular weight is 429 g/mol. The number of esters is 1. The van der Waals surface area contributed by atoms with Crippen molar-refractivity contribution >= 4 is 23.5 Å². The molecule has 0 bridgehead atoms. The number of hydrogen-bond donors (Lipinski definition) is 0. The van der Waals surface area contributed by atoms with E-state index in [1.54, 1.807) is 49.4 Å². The van der Waals surface area contributed by atoms with Crippen LogP contribution in [0.4, 0.5) is 5.69 Å². The van der Waals surface area contributed by atoms with Crippen LogP contribution in [0.1, 0.15) is 31.8 Å². The predicted octanol–water partition coefficient (Wildman–Crippen LogP) is 4.91. The molecule has 0 spiro atoms. The predicted molar refractivity (Wildman–Crippen MR) is 123 cm³/mol. The Morgan fingerprint density at radius 2 is 1.75 bits per heavy atom. The quantitative estimate of drug-likeness (QED) is 0.326. The van der Waals surface area contributed by atoms with Crippen LogP contribution in [0.3, 0.4) is 0 Å². The summed E-state index contributed by atoms with van der Waals surface area (Å²) in [5.41, 5.74) is 3.37. The van der Waals surface area contributed by atoms with Crippen molar-refractivity contribution in [3.8, 4) is 17.2 Å².